The number of halogens is 1. The first-order chi connectivity index (χ1) is 7.13. The Kier molecular flexibility index (Phi) is 5.25. The number of hydrogen-bond acceptors (Lipinski definition) is 3. The highest BCUT2D eigenvalue weighted by molar-refractivity contribution is 9.10. The van der Waals surface area contributed by atoms with Gasteiger partial charge in [0.1, 0.15) is 0 Å². The number of benzene rings is 1. The van der Waals surface area contributed by atoms with Crippen LogP contribution < -0.4 is 5.73 Å². The van der Waals surface area contributed by atoms with Crippen LogP contribution in [0.5, 0.6) is 0 Å². The number of nitrogens with zero attached hydrogens (tertiary/aromatic N) is 1. The predicted octanol–water partition coefficient (Wildman–Crippen LogP) is 1.20. The van der Waals surface area contributed by atoms with E-state index in [9.17, 15) is 5.11 Å². The molecule has 0 fully saturated rings. The lowest BCUT2D eigenvalue weighted by atomic mass is 10.2. The first kappa shape index (κ1) is 12.6. The van der Waals surface area contributed by atoms with Crippen LogP contribution in [0.3, 0.4) is 0 Å². The van der Waals surface area contributed by atoms with E-state index in [1.165, 1.54) is 5.56 Å². The van der Waals surface area contributed by atoms with Crippen molar-refractivity contribution in [3.05, 3.63) is 34.3 Å². The quantitative estimate of drug-likeness (QED) is 0.847. The van der Waals surface area contributed by atoms with Crippen LogP contribution >= 0.6 is 15.9 Å². The molecule has 0 amide bonds. The van der Waals surface area contributed by atoms with Gasteiger partial charge in [-0.3, -0.25) is 4.90 Å². The smallest absolute Gasteiger partial charge is 0.0789 e. The zero-order valence-corrected chi connectivity index (χ0v) is 10.4. The Morgan fingerprint density at radius 2 is 2.13 bits per heavy atom. The third-order valence-corrected chi connectivity index (χ3v) is 2.97. The number of nitrogens with two attached hydrogens (primary N) is 1. The molecule has 0 heterocycles. The maximum atomic E-state index is 9.40. The largest absolute Gasteiger partial charge is 0.390 e. The highest BCUT2D eigenvalue weighted by atomic mass is 79.9. The summed E-state index contributed by atoms with van der Waals surface area (Å²) in [5, 5.41) is 9.40. The molecule has 1 unspecified atom stereocenters. The van der Waals surface area contributed by atoms with E-state index in [1.54, 1.807) is 0 Å². The van der Waals surface area contributed by atoms with Crippen LogP contribution in [0.15, 0.2) is 28.7 Å². The van der Waals surface area contributed by atoms with E-state index >= 15 is 0 Å². The highest BCUT2D eigenvalue weighted by Gasteiger charge is 2.07. The number of aliphatic hydroxyl groups is 1. The van der Waals surface area contributed by atoms with E-state index < -0.39 is 6.10 Å². The summed E-state index contributed by atoms with van der Waals surface area (Å²) in [5.41, 5.74) is 6.57. The summed E-state index contributed by atoms with van der Waals surface area (Å²) in [4.78, 5) is 2.05. The zero-order valence-electron chi connectivity index (χ0n) is 8.86. The van der Waals surface area contributed by atoms with Gasteiger partial charge < -0.3 is 10.8 Å². The van der Waals surface area contributed by atoms with E-state index in [0.29, 0.717) is 13.1 Å². The van der Waals surface area contributed by atoms with E-state index in [4.69, 9.17) is 5.73 Å². The standard InChI is InChI=1S/C11H17BrN2O/c1-14(8-10(15)6-13)7-9-4-2-3-5-11(9)12/h2-5,10,15H,6-8,13H2,1H3. The molecular formula is C11H17BrN2O. The van der Waals surface area contributed by atoms with Crippen LogP contribution in [0.4, 0.5) is 0 Å². The molecule has 1 aromatic rings. The van der Waals surface area contributed by atoms with Gasteiger partial charge in [0.15, 0.2) is 0 Å². The Balaban J connectivity index is 2.51. The topological polar surface area (TPSA) is 49.5 Å². The van der Waals surface area contributed by atoms with E-state index in [-0.39, 0.29) is 0 Å². The molecule has 84 valence electrons. The molecule has 0 saturated heterocycles. The minimum atomic E-state index is -0.447. The molecular weight excluding hydrogens is 256 g/mol. The van der Waals surface area contributed by atoms with Gasteiger partial charge in [-0.1, -0.05) is 34.1 Å². The van der Waals surface area contributed by atoms with Gasteiger partial charge >= 0.3 is 0 Å². The highest BCUT2D eigenvalue weighted by Crippen LogP contribution is 2.17. The van der Waals surface area contributed by atoms with Crippen LogP contribution in [-0.2, 0) is 6.54 Å². The number of likely N-dealkylation sites (N-methyl/N-ethyl adjacent to an activating group) is 1. The van der Waals surface area contributed by atoms with E-state index in [2.05, 4.69) is 26.9 Å². The molecule has 0 spiro atoms. The van der Waals surface area contributed by atoms with Gasteiger partial charge in [-0.25, -0.2) is 0 Å². The lowest BCUT2D eigenvalue weighted by molar-refractivity contribution is 0.129. The van der Waals surface area contributed by atoms with E-state index in [1.807, 2.05) is 25.2 Å². The molecule has 0 aliphatic heterocycles. The second-order valence-electron chi connectivity index (χ2n) is 3.68. The lowest BCUT2D eigenvalue weighted by Gasteiger charge is -2.20. The van der Waals surface area contributed by atoms with Crippen molar-refractivity contribution in [2.24, 2.45) is 5.73 Å². The maximum absolute atomic E-state index is 9.40. The van der Waals surface area contributed by atoms with Crippen LogP contribution in [0, 0.1) is 0 Å². The lowest BCUT2D eigenvalue weighted by Crippen LogP contribution is -2.33. The second-order valence-corrected chi connectivity index (χ2v) is 4.53. The summed E-state index contributed by atoms with van der Waals surface area (Å²) in [7, 11) is 1.97. The first-order valence-electron chi connectivity index (χ1n) is 4.93. The second kappa shape index (κ2) is 6.23. The SMILES string of the molecule is CN(Cc1ccccc1Br)CC(O)CN. The minimum Gasteiger partial charge on any atom is -0.390 e. The molecule has 3 N–H and O–H groups in total. The summed E-state index contributed by atoms with van der Waals surface area (Å²) >= 11 is 3.49. The number of aliphatic hydroxyl groups excluding tert-OH is 1. The summed E-state index contributed by atoms with van der Waals surface area (Å²) in [5.74, 6) is 0. The monoisotopic (exact) mass is 272 g/mol. The van der Waals surface area contributed by atoms with Crippen molar-refractivity contribution in [1.82, 2.24) is 4.90 Å². The van der Waals surface area contributed by atoms with Crippen LogP contribution in [-0.4, -0.2) is 36.2 Å². The molecule has 1 rings (SSSR count). The molecule has 4 heteroatoms. The normalized spacial score (nSPS) is 13.1. The average Bonchev–Trinajstić information content (AvgIpc) is 2.21. The van der Waals surface area contributed by atoms with Crippen molar-refractivity contribution >= 4 is 15.9 Å². The van der Waals surface area contributed by atoms with Crippen molar-refractivity contribution in [1.29, 1.82) is 0 Å². The van der Waals surface area contributed by atoms with Gasteiger partial charge in [-0.2, -0.15) is 0 Å². The third kappa shape index (κ3) is 4.30. The molecule has 1 aromatic carbocycles. The van der Waals surface area contributed by atoms with Crippen LogP contribution in [0.1, 0.15) is 5.56 Å². The van der Waals surface area contributed by atoms with Gasteiger partial charge in [0, 0.05) is 24.1 Å². The van der Waals surface area contributed by atoms with E-state index in [0.717, 1.165) is 11.0 Å². The minimum absolute atomic E-state index is 0.306. The molecule has 0 aromatic heterocycles. The fraction of sp³-hybridized carbons (Fsp3) is 0.455. The molecule has 0 aliphatic rings. The molecule has 15 heavy (non-hydrogen) atoms. The van der Waals surface area contributed by atoms with Crippen LogP contribution in [0.2, 0.25) is 0 Å². The Bertz CT molecular complexity index is 306. The third-order valence-electron chi connectivity index (χ3n) is 2.19. The first-order valence-corrected chi connectivity index (χ1v) is 5.73. The fourth-order valence-corrected chi connectivity index (χ4v) is 1.83. The Morgan fingerprint density at radius 1 is 1.47 bits per heavy atom. The Labute approximate surface area is 99.0 Å². The Morgan fingerprint density at radius 3 is 2.73 bits per heavy atom. The molecule has 0 aliphatic carbocycles. The van der Waals surface area contributed by atoms with Gasteiger partial charge in [0.05, 0.1) is 6.10 Å². The van der Waals surface area contributed by atoms with Gasteiger partial charge in [0.25, 0.3) is 0 Å². The summed E-state index contributed by atoms with van der Waals surface area (Å²) < 4.78 is 1.10. The van der Waals surface area contributed by atoms with Crippen molar-refractivity contribution < 1.29 is 5.11 Å². The van der Waals surface area contributed by atoms with Gasteiger partial charge in [-0.05, 0) is 18.7 Å². The Hall–Kier alpha value is -0.420. The number of hydrogen-bond donors (Lipinski definition) is 2. The van der Waals surface area contributed by atoms with Gasteiger partial charge in [-0.15, -0.1) is 0 Å². The maximum Gasteiger partial charge on any atom is 0.0789 e. The zero-order chi connectivity index (χ0) is 11.3. The molecule has 3 nitrogen and oxygen atoms in total. The van der Waals surface area contributed by atoms with Crippen LogP contribution in [0.25, 0.3) is 0 Å². The van der Waals surface area contributed by atoms with Crippen molar-refractivity contribution in [2.45, 2.75) is 12.6 Å². The molecule has 0 saturated carbocycles. The van der Waals surface area contributed by atoms with Crippen molar-refractivity contribution in [3.8, 4) is 0 Å². The summed E-state index contributed by atoms with van der Waals surface area (Å²) in [6.07, 6.45) is -0.447. The summed E-state index contributed by atoms with van der Waals surface area (Å²) in [6, 6.07) is 8.08. The predicted molar refractivity (Wildman–Crippen MR) is 65.5 cm³/mol. The van der Waals surface area contributed by atoms with Crippen molar-refractivity contribution in [2.75, 3.05) is 20.1 Å². The average molecular weight is 273 g/mol. The molecule has 0 radical (unpaired) electrons. The van der Waals surface area contributed by atoms with Gasteiger partial charge in [0.2, 0.25) is 0 Å². The summed E-state index contributed by atoms with van der Waals surface area (Å²) in [6.45, 7) is 1.70. The number of rotatable bonds is 5. The molecule has 0 bridgehead atoms. The fourth-order valence-electron chi connectivity index (χ4n) is 1.42. The van der Waals surface area contributed by atoms with Crippen molar-refractivity contribution in [3.63, 3.8) is 0 Å². The molecule has 1 atom stereocenters.